The van der Waals surface area contributed by atoms with E-state index >= 15 is 0 Å². The number of nitrogens with one attached hydrogen (secondary N) is 1. The zero-order valence-corrected chi connectivity index (χ0v) is 17.0. The van der Waals surface area contributed by atoms with Crippen molar-refractivity contribution in [3.05, 3.63) is 64.7 Å². The summed E-state index contributed by atoms with van der Waals surface area (Å²) >= 11 is 1.53. The minimum absolute atomic E-state index is 0.0736. The van der Waals surface area contributed by atoms with Gasteiger partial charge < -0.3 is 10.1 Å². The molecule has 1 amide bonds. The first-order chi connectivity index (χ1) is 13.6. The highest BCUT2D eigenvalue weighted by Crippen LogP contribution is 2.41. The van der Waals surface area contributed by atoms with Gasteiger partial charge >= 0.3 is 0 Å². The highest BCUT2D eigenvalue weighted by atomic mass is 32.1. The number of aryl methyl sites for hydroxylation is 2. The van der Waals surface area contributed by atoms with E-state index in [2.05, 4.69) is 48.4 Å². The number of fused-ring (bicyclic) bond motifs is 3. The fourth-order valence-corrected chi connectivity index (χ4v) is 4.62. The molecular formula is C23H22N2O2S. The lowest BCUT2D eigenvalue weighted by Crippen LogP contribution is -2.26. The summed E-state index contributed by atoms with van der Waals surface area (Å²) in [6.45, 7) is 5.16. The Kier molecular flexibility index (Phi) is 5.11. The second kappa shape index (κ2) is 7.70. The second-order valence-electron chi connectivity index (χ2n) is 6.87. The number of methoxy groups -OCH3 is 1. The number of nitrogens with zero attached hydrogens (tertiary/aromatic N) is 1. The van der Waals surface area contributed by atoms with E-state index < -0.39 is 0 Å². The molecule has 2 aromatic carbocycles. The van der Waals surface area contributed by atoms with Crippen molar-refractivity contribution >= 4 is 38.2 Å². The number of hydrogen-bond acceptors (Lipinski definition) is 4. The minimum Gasteiger partial charge on any atom is -0.383 e. The largest absolute Gasteiger partial charge is 0.383 e. The number of ether oxygens (including phenoxy) is 1. The van der Waals surface area contributed by atoms with Crippen molar-refractivity contribution in [3.8, 4) is 11.1 Å². The summed E-state index contributed by atoms with van der Waals surface area (Å²) in [7, 11) is 1.63. The lowest BCUT2D eigenvalue weighted by molar-refractivity contribution is 0.0942. The van der Waals surface area contributed by atoms with Gasteiger partial charge in [0.05, 0.1) is 12.1 Å². The van der Waals surface area contributed by atoms with Gasteiger partial charge in [0, 0.05) is 40.9 Å². The highest BCUT2D eigenvalue weighted by molar-refractivity contribution is 7.22. The van der Waals surface area contributed by atoms with E-state index in [0.29, 0.717) is 18.0 Å². The van der Waals surface area contributed by atoms with Crippen molar-refractivity contribution in [2.75, 3.05) is 20.3 Å². The third-order valence-electron chi connectivity index (χ3n) is 5.02. The molecule has 0 saturated carbocycles. The van der Waals surface area contributed by atoms with Crippen LogP contribution in [0.1, 0.15) is 20.8 Å². The van der Waals surface area contributed by atoms with E-state index in [1.165, 1.54) is 22.5 Å². The summed E-state index contributed by atoms with van der Waals surface area (Å²) in [4.78, 5) is 18.3. The van der Waals surface area contributed by atoms with E-state index in [4.69, 9.17) is 4.74 Å². The SMILES string of the molecule is COCCNC(=O)c1sc2c(cnc3ccccc32)c1-c1ccc(C)c(C)c1. The van der Waals surface area contributed by atoms with Crippen molar-refractivity contribution in [1.29, 1.82) is 0 Å². The zero-order chi connectivity index (χ0) is 19.7. The summed E-state index contributed by atoms with van der Waals surface area (Å²) in [5, 5.41) is 5.06. The number of amides is 1. The van der Waals surface area contributed by atoms with Crippen LogP contribution in [0.15, 0.2) is 48.7 Å². The van der Waals surface area contributed by atoms with Gasteiger partial charge in [0.15, 0.2) is 0 Å². The van der Waals surface area contributed by atoms with Crippen molar-refractivity contribution < 1.29 is 9.53 Å². The van der Waals surface area contributed by atoms with Gasteiger partial charge in [-0.15, -0.1) is 11.3 Å². The quantitative estimate of drug-likeness (QED) is 0.482. The molecule has 0 radical (unpaired) electrons. The number of aromatic nitrogens is 1. The number of carbonyl (C=O) groups excluding carboxylic acids is 1. The molecule has 28 heavy (non-hydrogen) atoms. The van der Waals surface area contributed by atoms with Crippen molar-refractivity contribution in [3.63, 3.8) is 0 Å². The number of pyridine rings is 1. The first-order valence-corrected chi connectivity index (χ1v) is 10.1. The molecule has 1 N–H and O–H groups in total. The molecule has 0 bridgehead atoms. The predicted molar refractivity (Wildman–Crippen MR) is 116 cm³/mol. The van der Waals surface area contributed by atoms with Gasteiger partial charge in [-0.25, -0.2) is 0 Å². The average molecular weight is 391 g/mol. The topological polar surface area (TPSA) is 51.2 Å². The number of carbonyl (C=O) groups is 1. The van der Waals surface area contributed by atoms with Crippen LogP contribution in [0, 0.1) is 13.8 Å². The molecular weight excluding hydrogens is 368 g/mol. The van der Waals surface area contributed by atoms with Gasteiger partial charge in [0.25, 0.3) is 5.91 Å². The highest BCUT2D eigenvalue weighted by Gasteiger charge is 2.21. The summed E-state index contributed by atoms with van der Waals surface area (Å²) in [5.41, 5.74) is 5.38. The van der Waals surface area contributed by atoms with Gasteiger partial charge in [-0.2, -0.15) is 0 Å². The Hall–Kier alpha value is -2.76. The van der Waals surface area contributed by atoms with Crippen LogP contribution >= 0.6 is 11.3 Å². The number of hydrogen-bond donors (Lipinski definition) is 1. The normalized spacial score (nSPS) is 11.2. The van der Waals surface area contributed by atoms with Gasteiger partial charge in [-0.1, -0.05) is 36.4 Å². The molecule has 4 aromatic rings. The molecule has 0 aliphatic rings. The molecule has 0 aliphatic heterocycles. The first-order valence-electron chi connectivity index (χ1n) is 9.25. The number of rotatable bonds is 5. The smallest absolute Gasteiger partial charge is 0.262 e. The standard InChI is InChI=1S/C23H22N2O2S/c1-14-8-9-16(12-15(14)2)20-18-13-25-19-7-5-4-6-17(19)21(18)28-22(20)23(26)24-10-11-27-3/h4-9,12-13H,10-11H2,1-3H3,(H,24,26). The van der Waals surface area contributed by atoms with E-state index in [-0.39, 0.29) is 5.91 Å². The number of benzene rings is 2. The Balaban J connectivity index is 1.96. The Morgan fingerprint density at radius 1 is 1.11 bits per heavy atom. The molecule has 0 aliphatic carbocycles. The molecule has 0 unspecified atom stereocenters. The summed E-state index contributed by atoms with van der Waals surface area (Å²) in [6, 6.07) is 14.4. The number of para-hydroxylation sites is 1. The third kappa shape index (κ3) is 3.28. The van der Waals surface area contributed by atoms with Crippen LogP contribution in [-0.4, -0.2) is 31.2 Å². The summed E-state index contributed by atoms with van der Waals surface area (Å²) < 4.78 is 6.16. The van der Waals surface area contributed by atoms with Crippen molar-refractivity contribution in [2.24, 2.45) is 0 Å². The maximum atomic E-state index is 13.0. The van der Waals surface area contributed by atoms with Gasteiger partial charge in [-0.05, 0) is 36.6 Å². The van der Waals surface area contributed by atoms with Gasteiger partial charge in [-0.3, -0.25) is 9.78 Å². The van der Waals surface area contributed by atoms with Gasteiger partial charge in [0.1, 0.15) is 4.88 Å². The summed E-state index contributed by atoms with van der Waals surface area (Å²) in [6.07, 6.45) is 1.89. The molecule has 0 spiro atoms. The monoisotopic (exact) mass is 390 g/mol. The van der Waals surface area contributed by atoms with E-state index in [0.717, 1.165) is 32.1 Å². The molecule has 0 atom stereocenters. The fraction of sp³-hybridized carbons (Fsp3) is 0.217. The van der Waals surface area contributed by atoms with Crippen molar-refractivity contribution in [1.82, 2.24) is 10.3 Å². The van der Waals surface area contributed by atoms with E-state index in [1.54, 1.807) is 7.11 Å². The number of thiophene rings is 1. The molecule has 5 heteroatoms. The lowest BCUT2D eigenvalue weighted by atomic mass is 9.98. The molecule has 142 valence electrons. The first kappa shape index (κ1) is 18.6. The minimum atomic E-state index is -0.0736. The van der Waals surface area contributed by atoms with Crippen LogP contribution in [0.4, 0.5) is 0 Å². The third-order valence-corrected chi connectivity index (χ3v) is 6.26. The van der Waals surface area contributed by atoms with Crippen LogP contribution in [0.25, 0.3) is 32.1 Å². The molecule has 0 fully saturated rings. The summed E-state index contributed by atoms with van der Waals surface area (Å²) in [5.74, 6) is -0.0736. The van der Waals surface area contributed by atoms with E-state index in [1.807, 2.05) is 24.4 Å². The maximum Gasteiger partial charge on any atom is 0.262 e. The van der Waals surface area contributed by atoms with Crippen molar-refractivity contribution in [2.45, 2.75) is 13.8 Å². The zero-order valence-electron chi connectivity index (χ0n) is 16.2. The Bertz CT molecular complexity index is 1180. The fourth-order valence-electron chi connectivity index (χ4n) is 3.37. The molecule has 2 heterocycles. The lowest BCUT2D eigenvalue weighted by Gasteiger charge is -2.09. The van der Waals surface area contributed by atoms with Crippen LogP contribution in [0.2, 0.25) is 0 Å². The Morgan fingerprint density at radius 3 is 2.71 bits per heavy atom. The maximum absolute atomic E-state index is 13.0. The molecule has 4 nitrogen and oxygen atoms in total. The molecule has 2 aromatic heterocycles. The molecule has 0 saturated heterocycles. The van der Waals surface area contributed by atoms with Gasteiger partial charge in [0.2, 0.25) is 0 Å². The van der Waals surface area contributed by atoms with Crippen LogP contribution < -0.4 is 5.32 Å². The van der Waals surface area contributed by atoms with E-state index in [9.17, 15) is 4.79 Å². The Labute approximate surface area is 168 Å². The predicted octanol–water partition coefficient (Wildman–Crippen LogP) is 5.11. The van der Waals surface area contributed by atoms with Crippen LogP contribution in [0.3, 0.4) is 0 Å². The second-order valence-corrected chi connectivity index (χ2v) is 7.89. The van der Waals surface area contributed by atoms with Crippen LogP contribution in [-0.2, 0) is 4.74 Å². The average Bonchev–Trinajstić information content (AvgIpc) is 3.10. The van der Waals surface area contributed by atoms with Crippen LogP contribution in [0.5, 0.6) is 0 Å². The molecule has 4 rings (SSSR count). The Morgan fingerprint density at radius 2 is 1.93 bits per heavy atom.